The molecular weight excluding hydrogens is 371 g/mol. The fraction of sp³-hybridized carbons (Fsp3) is 0.400. The minimum atomic E-state index is -0.473. The Morgan fingerprint density at radius 2 is 1.85 bits per heavy atom. The zero-order valence-corrected chi connectivity index (χ0v) is 16.9. The second-order valence-electron chi connectivity index (χ2n) is 6.40. The molecule has 0 fully saturated rings. The summed E-state index contributed by atoms with van der Waals surface area (Å²) in [5.74, 6) is -0.473. The molecule has 2 aromatic rings. The second kappa shape index (κ2) is 9.24. The highest BCUT2D eigenvalue weighted by Gasteiger charge is 2.18. The van der Waals surface area contributed by atoms with Gasteiger partial charge >= 0.3 is 0 Å². The molecule has 0 radical (unpaired) electrons. The number of hydrogen-bond donors (Lipinski definition) is 1. The lowest BCUT2D eigenvalue weighted by Crippen LogP contribution is -2.27. The van der Waals surface area contributed by atoms with Crippen LogP contribution in [0.2, 0.25) is 10.0 Å². The number of unbranched alkanes of at least 4 members (excludes halogenated alkanes) is 3. The van der Waals surface area contributed by atoms with Gasteiger partial charge in [0, 0.05) is 29.0 Å². The summed E-state index contributed by atoms with van der Waals surface area (Å²) < 4.78 is 2.03. The third-order valence-corrected chi connectivity index (χ3v) is 4.98. The van der Waals surface area contributed by atoms with Crippen molar-refractivity contribution in [2.45, 2.75) is 53.0 Å². The molecule has 2 rings (SSSR count). The number of hydrogen-bond acceptors (Lipinski definition) is 2. The fourth-order valence-electron chi connectivity index (χ4n) is 3.01. The Morgan fingerprint density at radius 1 is 1.12 bits per heavy atom. The van der Waals surface area contributed by atoms with E-state index in [1.165, 1.54) is 12.5 Å². The number of halogens is 2. The summed E-state index contributed by atoms with van der Waals surface area (Å²) in [5.41, 5.74) is 1.77. The average Bonchev–Trinajstić information content (AvgIpc) is 2.57. The number of pyridine rings is 1. The van der Waals surface area contributed by atoms with Crippen LogP contribution in [0.4, 0.5) is 5.69 Å². The molecule has 1 N–H and O–H groups in total. The van der Waals surface area contributed by atoms with Gasteiger partial charge in [-0.15, -0.1) is 0 Å². The van der Waals surface area contributed by atoms with E-state index < -0.39 is 5.91 Å². The highest BCUT2D eigenvalue weighted by molar-refractivity contribution is 6.35. The van der Waals surface area contributed by atoms with E-state index in [1.54, 1.807) is 18.2 Å². The van der Waals surface area contributed by atoms with Crippen molar-refractivity contribution in [1.29, 1.82) is 0 Å². The van der Waals surface area contributed by atoms with Crippen molar-refractivity contribution in [3.05, 3.63) is 61.5 Å². The SMILES string of the molecule is CCCCCCn1c(C)cc(=O)c(C(=O)Nc2cc(Cl)ccc2Cl)c1C. The van der Waals surface area contributed by atoms with Crippen LogP contribution in [0.15, 0.2) is 29.1 Å². The topological polar surface area (TPSA) is 51.1 Å². The smallest absolute Gasteiger partial charge is 0.261 e. The number of aryl methyl sites for hydroxylation is 1. The van der Waals surface area contributed by atoms with Gasteiger partial charge in [0.05, 0.1) is 10.7 Å². The number of carbonyl (C=O) groups is 1. The highest BCUT2D eigenvalue weighted by Crippen LogP contribution is 2.26. The Morgan fingerprint density at radius 3 is 2.54 bits per heavy atom. The number of nitrogens with one attached hydrogen (secondary N) is 1. The summed E-state index contributed by atoms with van der Waals surface area (Å²) in [6, 6.07) is 6.32. The molecule has 0 saturated heterocycles. The van der Waals surface area contributed by atoms with Gasteiger partial charge in [-0.3, -0.25) is 9.59 Å². The molecule has 0 atom stereocenters. The third-order valence-electron chi connectivity index (χ3n) is 4.42. The minimum absolute atomic E-state index is 0.141. The number of anilines is 1. The lowest BCUT2D eigenvalue weighted by Gasteiger charge is -2.17. The van der Waals surface area contributed by atoms with E-state index in [0.29, 0.717) is 21.4 Å². The summed E-state index contributed by atoms with van der Waals surface area (Å²) in [7, 11) is 0. The third kappa shape index (κ3) is 4.89. The zero-order chi connectivity index (χ0) is 19.3. The first-order valence-electron chi connectivity index (χ1n) is 8.82. The van der Waals surface area contributed by atoms with Crippen LogP contribution in [0, 0.1) is 13.8 Å². The van der Waals surface area contributed by atoms with Crippen LogP contribution < -0.4 is 10.7 Å². The molecule has 4 nitrogen and oxygen atoms in total. The molecule has 0 spiro atoms. The van der Waals surface area contributed by atoms with Crippen LogP contribution in [0.1, 0.15) is 54.4 Å². The quantitative estimate of drug-likeness (QED) is 0.620. The zero-order valence-electron chi connectivity index (χ0n) is 15.4. The molecule has 1 aromatic heterocycles. The molecule has 1 aromatic carbocycles. The molecule has 0 bridgehead atoms. The van der Waals surface area contributed by atoms with Crippen LogP contribution >= 0.6 is 23.2 Å². The van der Waals surface area contributed by atoms with Crippen molar-refractivity contribution < 1.29 is 4.79 Å². The van der Waals surface area contributed by atoms with E-state index in [1.807, 2.05) is 18.4 Å². The predicted molar refractivity (Wildman–Crippen MR) is 109 cm³/mol. The molecule has 0 aliphatic rings. The number of nitrogens with zero attached hydrogens (tertiary/aromatic N) is 1. The van der Waals surface area contributed by atoms with Crippen molar-refractivity contribution >= 4 is 34.8 Å². The minimum Gasteiger partial charge on any atom is -0.348 e. The Balaban J connectivity index is 2.31. The van der Waals surface area contributed by atoms with Crippen molar-refractivity contribution in [1.82, 2.24) is 4.57 Å². The van der Waals surface area contributed by atoms with Gasteiger partial charge in [-0.2, -0.15) is 0 Å². The Bertz CT molecular complexity index is 860. The van der Waals surface area contributed by atoms with Gasteiger partial charge in [-0.05, 0) is 38.5 Å². The molecule has 1 amide bonds. The summed E-state index contributed by atoms with van der Waals surface area (Å²) in [5, 5.41) is 3.53. The fourth-order valence-corrected chi connectivity index (χ4v) is 3.35. The largest absolute Gasteiger partial charge is 0.348 e. The number of rotatable bonds is 7. The van der Waals surface area contributed by atoms with Gasteiger partial charge in [-0.25, -0.2) is 0 Å². The van der Waals surface area contributed by atoms with Gasteiger partial charge in [-0.1, -0.05) is 49.4 Å². The van der Waals surface area contributed by atoms with Crippen LogP contribution in [-0.4, -0.2) is 10.5 Å². The van der Waals surface area contributed by atoms with Crippen LogP contribution in [0.25, 0.3) is 0 Å². The normalized spacial score (nSPS) is 10.8. The summed E-state index contributed by atoms with van der Waals surface area (Å²) in [6.45, 7) is 6.65. The van der Waals surface area contributed by atoms with Crippen LogP contribution in [0.5, 0.6) is 0 Å². The van der Waals surface area contributed by atoms with E-state index in [4.69, 9.17) is 23.2 Å². The molecule has 140 valence electrons. The number of amides is 1. The van der Waals surface area contributed by atoms with Crippen molar-refractivity contribution in [2.75, 3.05) is 5.32 Å². The van der Waals surface area contributed by atoms with Gasteiger partial charge in [0.15, 0.2) is 5.43 Å². The van der Waals surface area contributed by atoms with Crippen LogP contribution in [0.3, 0.4) is 0 Å². The van der Waals surface area contributed by atoms with Gasteiger partial charge in [0.1, 0.15) is 5.56 Å². The van der Waals surface area contributed by atoms with Crippen molar-refractivity contribution in [3.63, 3.8) is 0 Å². The van der Waals surface area contributed by atoms with Gasteiger partial charge < -0.3 is 9.88 Å². The maximum atomic E-state index is 12.7. The molecule has 1 heterocycles. The van der Waals surface area contributed by atoms with Crippen molar-refractivity contribution in [2.24, 2.45) is 0 Å². The Labute approximate surface area is 164 Å². The number of benzene rings is 1. The van der Waals surface area contributed by atoms with E-state index >= 15 is 0 Å². The predicted octanol–water partition coefficient (Wildman–Crippen LogP) is 5.60. The number of aromatic nitrogens is 1. The molecule has 26 heavy (non-hydrogen) atoms. The lowest BCUT2D eigenvalue weighted by molar-refractivity contribution is 0.102. The first kappa shape index (κ1) is 20.5. The summed E-state index contributed by atoms with van der Waals surface area (Å²) in [4.78, 5) is 25.2. The second-order valence-corrected chi connectivity index (χ2v) is 7.24. The highest BCUT2D eigenvalue weighted by atomic mass is 35.5. The average molecular weight is 395 g/mol. The van der Waals surface area contributed by atoms with Crippen molar-refractivity contribution in [3.8, 4) is 0 Å². The summed E-state index contributed by atoms with van der Waals surface area (Å²) >= 11 is 12.1. The van der Waals surface area contributed by atoms with Gasteiger partial charge in [0.2, 0.25) is 0 Å². The molecule has 0 aliphatic heterocycles. The monoisotopic (exact) mass is 394 g/mol. The Kier molecular flexibility index (Phi) is 7.30. The Hall–Kier alpha value is -1.78. The van der Waals surface area contributed by atoms with E-state index in [9.17, 15) is 9.59 Å². The molecular formula is C20H24Cl2N2O2. The van der Waals surface area contributed by atoms with Crippen LogP contribution in [-0.2, 0) is 6.54 Å². The molecule has 0 unspecified atom stereocenters. The molecule has 6 heteroatoms. The number of carbonyl (C=O) groups excluding carboxylic acids is 1. The lowest BCUT2D eigenvalue weighted by atomic mass is 10.1. The first-order valence-corrected chi connectivity index (χ1v) is 9.58. The standard InChI is InChI=1S/C20H24Cl2N2O2/c1-4-5-6-7-10-24-13(2)11-18(25)19(14(24)3)20(26)23-17-12-15(21)8-9-16(17)22/h8-9,11-12H,4-7,10H2,1-3H3,(H,23,26). The molecule has 0 aliphatic carbocycles. The summed E-state index contributed by atoms with van der Waals surface area (Å²) in [6.07, 6.45) is 4.48. The maximum Gasteiger partial charge on any atom is 0.261 e. The van der Waals surface area contributed by atoms with E-state index in [-0.39, 0.29) is 11.0 Å². The first-order chi connectivity index (χ1) is 12.3. The van der Waals surface area contributed by atoms with E-state index in [0.717, 1.165) is 31.5 Å². The maximum absolute atomic E-state index is 12.7. The molecule has 0 saturated carbocycles. The van der Waals surface area contributed by atoms with E-state index in [2.05, 4.69) is 12.2 Å². The van der Waals surface area contributed by atoms with Gasteiger partial charge in [0.25, 0.3) is 5.91 Å².